The van der Waals surface area contributed by atoms with Crippen LogP contribution in [0.2, 0.25) is 5.02 Å². The summed E-state index contributed by atoms with van der Waals surface area (Å²) in [5, 5.41) is 12.4. The fourth-order valence-electron chi connectivity index (χ4n) is 1.95. The number of halogens is 1. The highest BCUT2D eigenvalue weighted by molar-refractivity contribution is 6.33. The number of methoxy groups -OCH3 is 1. The molecule has 0 saturated heterocycles. The predicted octanol–water partition coefficient (Wildman–Crippen LogP) is 2.39. The fraction of sp³-hybridized carbons (Fsp3) is 0.462. The largest absolute Gasteiger partial charge is 0.399 e. The summed E-state index contributed by atoms with van der Waals surface area (Å²) in [6.07, 6.45) is 3.09. The maximum atomic E-state index is 6.18. The van der Waals surface area contributed by atoms with E-state index in [1.165, 1.54) is 0 Å². The number of anilines is 1. The van der Waals surface area contributed by atoms with Gasteiger partial charge in [-0.15, -0.1) is 5.10 Å². The van der Waals surface area contributed by atoms with E-state index in [2.05, 4.69) is 15.5 Å². The Labute approximate surface area is 122 Å². The summed E-state index contributed by atoms with van der Waals surface area (Å²) in [4.78, 5) is 0. The van der Waals surface area contributed by atoms with Crippen LogP contribution in [-0.2, 0) is 11.3 Å². The number of nitrogens with zero attached hydrogens (tertiary/aromatic N) is 4. The van der Waals surface area contributed by atoms with Gasteiger partial charge in [0.2, 0.25) is 0 Å². The third kappa shape index (κ3) is 3.68. The molecular weight excluding hydrogens is 278 g/mol. The first-order valence-corrected chi connectivity index (χ1v) is 6.90. The molecule has 0 amide bonds. The van der Waals surface area contributed by atoms with E-state index in [0.717, 1.165) is 38.0 Å². The van der Waals surface area contributed by atoms with Crippen LogP contribution in [0.3, 0.4) is 0 Å². The Morgan fingerprint density at radius 3 is 2.95 bits per heavy atom. The number of hydrogen-bond acceptors (Lipinski definition) is 5. The lowest BCUT2D eigenvalue weighted by molar-refractivity contribution is 0.191. The number of hydrogen-bond donors (Lipinski definition) is 1. The molecule has 0 radical (unpaired) electrons. The van der Waals surface area contributed by atoms with E-state index in [4.69, 9.17) is 22.1 Å². The lowest BCUT2D eigenvalue weighted by atomic mass is 10.2. The van der Waals surface area contributed by atoms with E-state index >= 15 is 0 Å². The Balaban J connectivity index is 2.06. The smallest absolute Gasteiger partial charge is 0.183 e. The highest BCUT2D eigenvalue weighted by atomic mass is 35.5. The van der Waals surface area contributed by atoms with Crippen molar-refractivity contribution in [1.82, 2.24) is 20.2 Å². The van der Waals surface area contributed by atoms with Gasteiger partial charge in [0, 0.05) is 31.5 Å². The first kappa shape index (κ1) is 14.7. The normalized spacial score (nSPS) is 10.9. The molecular formula is C13H18ClN5O. The van der Waals surface area contributed by atoms with E-state index in [-0.39, 0.29) is 0 Å². The molecule has 108 valence electrons. The van der Waals surface area contributed by atoms with Gasteiger partial charge in [-0.25, -0.2) is 4.68 Å². The number of nitrogen functional groups attached to an aromatic ring is 1. The second-order valence-electron chi connectivity index (χ2n) is 4.52. The Hall–Kier alpha value is -1.66. The molecule has 0 aliphatic carbocycles. The van der Waals surface area contributed by atoms with Gasteiger partial charge in [-0.3, -0.25) is 0 Å². The number of benzene rings is 1. The second-order valence-corrected chi connectivity index (χ2v) is 4.93. The van der Waals surface area contributed by atoms with Crippen LogP contribution in [0, 0.1) is 0 Å². The molecule has 1 heterocycles. The van der Waals surface area contributed by atoms with Gasteiger partial charge >= 0.3 is 0 Å². The van der Waals surface area contributed by atoms with Crippen LogP contribution >= 0.6 is 11.6 Å². The van der Waals surface area contributed by atoms with Crippen molar-refractivity contribution in [2.75, 3.05) is 19.5 Å². The second kappa shape index (κ2) is 7.21. The van der Waals surface area contributed by atoms with Gasteiger partial charge in [0.25, 0.3) is 0 Å². The molecule has 0 aliphatic heterocycles. The van der Waals surface area contributed by atoms with Crippen molar-refractivity contribution in [3.63, 3.8) is 0 Å². The van der Waals surface area contributed by atoms with Crippen molar-refractivity contribution < 1.29 is 4.74 Å². The maximum absolute atomic E-state index is 6.18. The molecule has 0 aliphatic rings. The zero-order valence-electron chi connectivity index (χ0n) is 11.4. The number of aromatic nitrogens is 4. The van der Waals surface area contributed by atoms with Crippen molar-refractivity contribution in [2.24, 2.45) is 0 Å². The minimum absolute atomic E-state index is 0.592. The average Bonchev–Trinajstić information content (AvgIpc) is 2.89. The Morgan fingerprint density at radius 1 is 1.30 bits per heavy atom. The number of aryl methyl sites for hydroxylation is 1. The maximum Gasteiger partial charge on any atom is 0.183 e. The molecule has 0 fully saturated rings. The topological polar surface area (TPSA) is 78.8 Å². The van der Waals surface area contributed by atoms with E-state index in [9.17, 15) is 0 Å². The van der Waals surface area contributed by atoms with Gasteiger partial charge in [0.15, 0.2) is 5.82 Å². The SMILES string of the molecule is COCCCCCn1nnnc1-c1cc(N)ccc1Cl. The summed E-state index contributed by atoms with van der Waals surface area (Å²) in [7, 11) is 1.71. The van der Waals surface area contributed by atoms with Crippen molar-refractivity contribution in [1.29, 1.82) is 0 Å². The fourth-order valence-corrected chi connectivity index (χ4v) is 2.15. The summed E-state index contributed by atoms with van der Waals surface area (Å²) in [6, 6.07) is 5.30. The monoisotopic (exact) mass is 295 g/mol. The molecule has 0 saturated carbocycles. The van der Waals surface area contributed by atoms with Crippen LogP contribution in [-0.4, -0.2) is 33.9 Å². The van der Waals surface area contributed by atoms with Crippen molar-refractivity contribution >= 4 is 17.3 Å². The number of ether oxygens (including phenoxy) is 1. The van der Waals surface area contributed by atoms with Crippen molar-refractivity contribution in [3.8, 4) is 11.4 Å². The minimum Gasteiger partial charge on any atom is -0.399 e. The first-order valence-electron chi connectivity index (χ1n) is 6.53. The van der Waals surface area contributed by atoms with Gasteiger partial charge in [-0.05, 0) is 47.9 Å². The molecule has 1 aromatic carbocycles. The molecule has 7 heteroatoms. The van der Waals surface area contributed by atoms with E-state index in [1.54, 1.807) is 30.0 Å². The molecule has 2 aromatic rings. The highest BCUT2D eigenvalue weighted by Crippen LogP contribution is 2.27. The van der Waals surface area contributed by atoms with Crippen LogP contribution in [0.25, 0.3) is 11.4 Å². The molecule has 0 spiro atoms. The van der Waals surface area contributed by atoms with Gasteiger partial charge in [-0.1, -0.05) is 11.6 Å². The third-order valence-electron chi connectivity index (χ3n) is 2.98. The van der Waals surface area contributed by atoms with Gasteiger partial charge in [0.05, 0.1) is 5.02 Å². The van der Waals surface area contributed by atoms with E-state index in [0.29, 0.717) is 16.5 Å². The summed E-state index contributed by atoms with van der Waals surface area (Å²) in [5.74, 6) is 0.647. The Kier molecular flexibility index (Phi) is 5.31. The van der Waals surface area contributed by atoms with Gasteiger partial charge in [-0.2, -0.15) is 0 Å². The quantitative estimate of drug-likeness (QED) is 0.627. The lowest BCUT2D eigenvalue weighted by Gasteiger charge is -2.07. The average molecular weight is 296 g/mol. The Bertz CT molecular complexity index is 557. The minimum atomic E-state index is 0.592. The van der Waals surface area contributed by atoms with E-state index in [1.807, 2.05) is 0 Å². The predicted molar refractivity (Wildman–Crippen MR) is 78.4 cm³/mol. The molecule has 20 heavy (non-hydrogen) atoms. The van der Waals surface area contributed by atoms with Crippen LogP contribution in [0.15, 0.2) is 18.2 Å². The molecule has 0 bridgehead atoms. The number of nitrogens with two attached hydrogens (primary N) is 1. The Morgan fingerprint density at radius 2 is 2.15 bits per heavy atom. The van der Waals surface area contributed by atoms with E-state index < -0.39 is 0 Å². The van der Waals surface area contributed by atoms with Crippen LogP contribution in [0.4, 0.5) is 5.69 Å². The van der Waals surface area contributed by atoms with Gasteiger partial charge < -0.3 is 10.5 Å². The summed E-state index contributed by atoms with van der Waals surface area (Å²) < 4.78 is 6.78. The highest BCUT2D eigenvalue weighted by Gasteiger charge is 2.12. The standard InChI is InChI=1S/C13H18ClN5O/c1-20-8-4-2-3-7-19-13(16-17-18-19)11-9-10(15)5-6-12(11)14/h5-6,9H,2-4,7-8,15H2,1H3. The lowest BCUT2D eigenvalue weighted by Crippen LogP contribution is -2.04. The third-order valence-corrected chi connectivity index (χ3v) is 3.31. The van der Waals surface area contributed by atoms with Crippen LogP contribution in [0.5, 0.6) is 0 Å². The first-order chi connectivity index (χ1) is 9.72. The summed E-state index contributed by atoms with van der Waals surface area (Å²) in [5.41, 5.74) is 7.18. The number of rotatable bonds is 7. The van der Waals surface area contributed by atoms with Gasteiger partial charge in [0.1, 0.15) is 0 Å². The summed E-state index contributed by atoms with van der Waals surface area (Å²) in [6.45, 7) is 1.53. The molecule has 1 aromatic heterocycles. The molecule has 2 N–H and O–H groups in total. The molecule has 2 rings (SSSR count). The molecule has 0 atom stereocenters. The van der Waals surface area contributed by atoms with Crippen LogP contribution in [0.1, 0.15) is 19.3 Å². The van der Waals surface area contributed by atoms with Crippen molar-refractivity contribution in [2.45, 2.75) is 25.8 Å². The van der Waals surface area contributed by atoms with Crippen molar-refractivity contribution in [3.05, 3.63) is 23.2 Å². The summed E-state index contributed by atoms with van der Waals surface area (Å²) >= 11 is 6.18. The molecule has 0 unspecified atom stereocenters. The number of tetrazole rings is 1. The van der Waals surface area contributed by atoms with Crippen LogP contribution < -0.4 is 5.73 Å². The zero-order valence-corrected chi connectivity index (χ0v) is 12.2. The zero-order chi connectivity index (χ0) is 14.4. The molecule has 6 nitrogen and oxygen atoms in total. The number of unbranched alkanes of at least 4 members (excludes halogenated alkanes) is 2.